The first-order chi connectivity index (χ1) is 11.1. The number of benzene rings is 1. The highest BCUT2D eigenvalue weighted by Gasteiger charge is 2.10. The minimum absolute atomic E-state index is 0.616. The summed E-state index contributed by atoms with van der Waals surface area (Å²) in [6, 6.07) is 9.07. The molecule has 0 bridgehead atoms. The molecule has 1 aromatic carbocycles. The standard InChI is InChI=1S/C15H12Cl2N4OS/c1-10-19-20-15(21(10)18-8-13-3-2-6-22-13)23-9-11-4-5-12(16)7-14(11)17/h2-8H,9H2,1H3/b18-8+. The van der Waals surface area contributed by atoms with Crippen molar-refractivity contribution in [1.29, 1.82) is 0 Å². The summed E-state index contributed by atoms with van der Waals surface area (Å²) in [6.45, 7) is 1.84. The molecule has 0 atom stereocenters. The van der Waals surface area contributed by atoms with Crippen molar-refractivity contribution in [3.05, 3.63) is 63.8 Å². The fourth-order valence-electron chi connectivity index (χ4n) is 1.82. The predicted octanol–water partition coefficient (Wildman–Crippen LogP) is 4.66. The van der Waals surface area contributed by atoms with Gasteiger partial charge < -0.3 is 4.42 Å². The number of hydrogen-bond donors (Lipinski definition) is 0. The van der Waals surface area contributed by atoms with Gasteiger partial charge in [-0.25, -0.2) is 0 Å². The van der Waals surface area contributed by atoms with Crippen LogP contribution in [-0.4, -0.2) is 21.1 Å². The van der Waals surface area contributed by atoms with Crippen molar-refractivity contribution in [2.45, 2.75) is 17.8 Å². The maximum absolute atomic E-state index is 6.19. The average molecular weight is 367 g/mol. The third kappa shape index (κ3) is 3.96. The molecular weight excluding hydrogens is 355 g/mol. The molecule has 0 saturated carbocycles. The predicted molar refractivity (Wildman–Crippen MR) is 92.5 cm³/mol. The summed E-state index contributed by atoms with van der Waals surface area (Å²) in [7, 11) is 0. The first-order valence-corrected chi connectivity index (χ1v) is 8.44. The second-order valence-electron chi connectivity index (χ2n) is 4.63. The Morgan fingerprint density at radius 1 is 1.30 bits per heavy atom. The highest BCUT2D eigenvalue weighted by atomic mass is 35.5. The van der Waals surface area contributed by atoms with Crippen LogP contribution in [0.25, 0.3) is 0 Å². The molecule has 0 aliphatic rings. The van der Waals surface area contributed by atoms with Crippen LogP contribution in [0, 0.1) is 6.92 Å². The third-order valence-electron chi connectivity index (χ3n) is 2.98. The maximum Gasteiger partial charge on any atom is 0.212 e. The van der Waals surface area contributed by atoms with Crippen molar-refractivity contribution >= 4 is 41.2 Å². The smallest absolute Gasteiger partial charge is 0.212 e. The first-order valence-electron chi connectivity index (χ1n) is 6.70. The molecule has 23 heavy (non-hydrogen) atoms. The van der Waals surface area contributed by atoms with Gasteiger partial charge in [0.1, 0.15) is 5.76 Å². The molecule has 2 aromatic heterocycles. The van der Waals surface area contributed by atoms with Crippen LogP contribution in [0.4, 0.5) is 0 Å². The number of furan rings is 1. The molecule has 3 rings (SSSR count). The largest absolute Gasteiger partial charge is 0.463 e. The minimum Gasteiger partial charge on any atom is -0.463 e. The van der Waals surface area contributed by atoms with E-state index in [0.29, 0.717) is 32.5 Å². The van der Waals surface area contributed by atoms with Gasteiger partial charge in [0.2, 0.25) is 5.16 Å². The molecule has 118 valence electrons. The van der Waals surface area contributed by atoms with Crippen LogP contribution < -0.4 is 0 Å². The van der Waals surface area contributed by atoms with Gasteiger partial charge in [0.25, 0.3) is 0 Å². The molecule has 2 heterocycles. The van der Waals surface area contributed by atoms with Gasteiger partial charge in [0.05, 0.1) is 12.5 Å². The number of thioether (sulfide) groups is 1. The number of halogens is 2. The van der Waals surface area contributed by atoms with Gasteiger partial charge in [-0.3, -0.25) is 0 Å². The zero-order valence-corrected chi connectivity index (χ0v) is 14.4. The highest BCUT2D eigenvalue weighted by molar-refractivity contribution is 7.98. The lowest BCUT2D eigenvalue weighted by Crippen LogP contribution is -1.96. The monoisotopic (exact) mass is 366 g/mol. The summed E-state index contributed by atoms with van der Waals surface area (Å²) in [4.78, 5) is 0. The van der Waals surface area contributed by atoms with Crippen molar-refractivity contribution in [3.8, 4) is 0 Å². The molecule has 0 unspecified atom stereocenters. The fraction of sp³-hybridized carbons (Fsp3) is 0.133. The summed E-state index contributed by atoms with van der Waals surface area (Å²) in [5, 5.41) is 14.5. The SMILES string of the molecule is Cc1nnc(SCc2ccc(Cl)cc2Cl)n1/N=C/c1ccco1. The minimum atomic E-state index is 0.616. The van der Waals surface area contributed by atoms with Gasteiger partial charge in [0, 0.05) is 15.8 Å². The Hall–Kier alpha value is -1.76. The Labute approximate surface area is 147 Å². The zero-order chi connectivity index (χ0) is 16.2. The number of nitrogens with zero attached hydrogens (tertiary/aromatic N) is 4. The van der Waals surface area contributed by atoms with E-state index in [0.717, 1.165) is 5.56 Å². The third-order valence-corrected chi connectivity index (χ3v) is 4.54. The Kier molecular flexibility index (Phi) is 5.05. The normalized spacial score (nSPS) is 11.4. The zero-order valence-electron chi connectivity index (χ0n) is 12.1. The van der Waals surface area contributed by atoms with E-state index in [1.807, 2.05) is 25.1 Å². The summed E-state index contributed by atoms with van der Waals surface area (Å²) in [5.74, 6) is 2.00. The molecule has 0 N–H and O–H groups in total. The van der Waals surface area contributed by atoms with E-state index >= 15 is 0 Å². The highest BCUT2D eigenvalue weighted by Crippen LogP contribution is 2.28. The second-order valence-corrected chi connectivity index (χ2v) is 6.41. The van der Waals surface area contributed by atoms with E-state index < -0.39 is 0 Å². The van der Waals surface area contributed by atoms with Crippen LogP contribution in [0.5, 0.6) is 0 Å². The van der Waals surface area contributed by atoms with Crippen LogP contribution in [0.15, 0.2) is 51.3 Å². The first kappa shape index (κ1) is 16.1. The topological polar surface area (TPSA) is 56.2 Å². The Morgan fingerprint density at radius 3 is 2.91 bits per heavy atom. The van der Waals surface area contributed by atoms with Crippen LogP contribution in [-0.2, 0) is 5.75 Å². The van der Waals surface area contributed by atoms with Crippen molar-refractivity contribution in [3.63, 3.8) is 0 Å². The van der Waals surface area contributed by atoms with Crippen molar-refractivity contribution in [2.75, 3.05) is 0 Å². The number of hydrogen-bond acceptors (Lipinski definition) is 5. The van der Waals surface area contributed by atoms with Crippen molar-refractivity contribution < 1.29 is 4.42 Å². The van der Waals surface area contributed by atoms with Crippen LogP contribution in [0.3, 0.4) is 0 Å². The molecule has 0 aliphatic heterocycles. The van der Waals surface area contributed by atoms with Crippen molar-refractivity contribution in [2.24, 2.45) is 5.10 Å². The molecular formula is C15H12Cl2N4OS. The number of rotatable bonds is 5. The molecule has 0 radical (unpaired) electrons. The number of aryl methyl sites for hydroxylation is 1. The van der Waals surface area contributed by atoms with E-state index in [4.69, 9.17) is 27.6 Å². The van der Waals surface area contributed by atoms with Gasteiger partial charge in [-0.15, -0.1) is 10.2 Å². The second kappa shape index (κ2) is 7.21. The van der Waals surface area contributed by atoms with E-state index in [-0.39, 0.29) is 0 Å². The van der Waals surface area contributed by atoms with Gasteiger partial charge in [0.15, 0.2) is 5.82 Å². The van der Waals surface area contributed by atoms with Gasteiger partial charge in [-0.1, -0.05) is 41.0 Å². The van der Waals surface area contributed by atoms with Crippen LogP contribution >= 0.6 is 35.0 Å². The molecule has 0 amide bonds. The van der Waals surface area contributed by atoms with Gasteiger partial charge in [-0.05, 0) is 36.8 Å². The summed E-state index contributed by atoms with van der Waals surface area (Å²) < 4.78 is 6.89. The Bertz CT molecular complexity index is 830. The summed E-state index contributed by atoms with van der Waals surface area (Å²) in [5.41, 5.74) is 0.975. The Balaban J connectivity index is 1.76. The van der Waals surface area contributed by atoms with E-state index in [1.54, 1.807) is 29.3 Å². The lowest BCUT2D eigenvalue weighted by Gasteiger charge is -2.04. The van der Waals surface area contributed by atoms with Crippen molar-refractivity contribution in [1.82, 2.24) is 14.9 Å². The quantitative estimate of drug-likeness (QED) is 0.486. The lowest BCUT2D eigenvalue weighted by molar-refractivity contribution is 0.559. The molecule has 0 saturated heterocycles. The van der Waals surface area contributed by atoms with Crippen LogP contribution in [0.2, 0.25) is 10.0 Å². The molecule has 0 spiro atoms. The summed E-state index contributed by atoms with van der Waals surface area (Å²) in [6.07, 6.45) is 3.22. The van der Waals surface area contributed by atoms with Crippen LogP contribution in [0.1, 0.15) is 17.1 Å². The molecule has 0 fully saturated rings. The Morgan fingerprint density at radius 2 is 2.17 bits per heavy atom. The molecule has 8 heteroatoms. The average Bonchev–Trinajstić information content (AvgIpc) is 3.14. The molecule has 3 aromatic rings. The number of aromatic nitrogens is 3. The fourth-order valence-corrected chi connectivity index (χ4v) is 3.31. The van der Waals surface area contributed by atoms with Gasteiger partial charge in [-0.2, -0.15) is 9.78 Å². The van der Waals surface area contributed by atoms with E-state index in [1.165, 1.54) is 11.8 Å². The van der Waals surface area contributed by atoms with Gasteiger partial charge >= 0.3 is 0 Å². The maximum atomic E-state index is 6.19. The molecule has 5 nitrogen and oxygen atoms in total. The van der Waals surface area contributed by atoms with E-state index in [9.17, 15) is 0 Å². The molecule has 0 aliphatic carbocycles. The summed E-state index contributed by atoms with van der Waals surface area (Å²) >= 11 is 13.6. The lowest BCUT2D eigenvalue weighted by atomic mass is 10.2. The van der Waals surface area contributed by atoms with E-state index in [2.05, 4.69) is 15.3 Å².